The molecule has 0 aliphatic carbocycles. The van der Waals surface area contributed by atoms with Gasteiger partial charge >= 0.3 is 0 Å². The predicted molar refractivity (Wildman–Crippen MR) is 85.5 cm³/mol. The van der Waals surface area contributed by atoms with E-state index in [2.05, 4.69) is 31.9 Å². The molecule has 4 heteroatoms. The van der Waals surface area contributed by atoms with Gasteiger partial charge in [0, 0.05) is 36.1 Å². The minimum atomic E-state index is -0.407. The number of likely N-dealkylation sites (N-methyl/N-ethyl adjacent to an activating group) is 1. The van der Waals surface area contributed by atoms with E-state index in [4.69, 9.17) is 15.5 Å². The summed E-state index contributed by atoms with van der Waals surface area (Å²) in [6.45, 7) is 6.07. The van der Waals surface area contributed by atoms with Crippen molar-refractivity contribution in [2.24, 2.45) is 5.73 Å². The quantitative estimate of drug-likeness (QED) is 0.920. The number of aromatic nitrogens is 1. The first kappa shape index (κ1) is 14.3. The summed E-state index contributed by atoms with van der Waals surface area (Å²) in [6, 6.07) is 6.07. The molecular formula is C17H23N3O. The minimum absolute atomic E-state index is 0.407. The summed E-state index contributed by atoms with van der Waals surface area (Å²) < 4.78 is 5.49. The number of rotatable bonds is 2. The zero-order valence-electron chi connectivity index (χ0n) is 13.2. The monoisotopic (exact) mass is 285 g/mol. The Kier molecular flexibility index (Phi) is 3.38. The fraction of sp³-hybridized carbons (Fsp3) is 0.471. The number of para-hydroxylation sites is 1. The van der Waals surface area contributed by atoms with Gasteiger partial charge in [-0.3, -0.25) is 0 Å². The van der Waals surface area contributed by atoms with Crippen LogP contribution >= 0.6 is 0 Å². The third kappa shape index (κ3) is 2.39. The predicted octanol–water partition coefficient (Wildman–Crippen LogP) is 2.43. The van der Waals surface area contributed by atoms with Gasteiger partial charge in [0.05, 0.1) is 7.11 Å². The second kappa shape index (κ2) is 4.97. The first-order chi connectivity index (χ1) is 9.91. The molecule has 2 heterocycles. The van der Waals surface area contributed by atoms with Crippen LogP contribution in [0.15, 0.2) is 18.2 Å². The molecule has 0 amide bonds. The topological polar surface area (TPSA) is 51.4 Å². The van der Waals surface area contributed by atoms with Crippen molar-refractivity contribution in [3.63, 3.8) is 0 Å². The van der Waals surface area contributed by atoms with Crippen LogP contribution in [0.1, 0.15) is 30.7 Å². The normalized spacial score (nSPS) is 16.0. The molecule has 0 atom stereocenters. The van der Waals surface area contributed by atoms with Crippen molar-refractivity contribution in [2.45, 2.75) is 32.4 Å². The van der Waals surface area contributed by atoms with E-state index >= 15 is 0 Å². The van der Waals surface area contributed by atoms with Crippen LogP contribution in [0.2, 0.25) is 0 Å². The molecule has 0 saturated carbocycles. The van der Waals surface area contributed by atoms with Crippen LogP contribution < -0.4 is 10.5 Å². The standard InChI is InChI=1S/C17H23N3O/c1-17(2,18)15-11-6-5-7-14(21-4)16(11)19-13-8-9-20(3)10-12(13)15/h5-7H,8-10,18H2,1-4H3. The third-order valence-corrected chi connectivity index (χ3v) is 4.19. The van der Waals surface area contributed by atoms with E-state index in [9.17, 15) is 0 Å². The van der Waals surface area contributed by atoms with E-state index in [1.165, 1.54) is 16.8 Å². The molecule has 3 rings (SSSR count). The average molecular weight is 285 g/mol. The molecular weight excluding hydrogens is 262 g/mol. The van der Waals surface area contributed by atoms with Gasteiger partial charge in [-0.05, 0) is 38.1 Å². The lowest BCUT2D eigenvalue weighted by Gasteiger charge is -2.32. The van der Waals surface area contributed by atoms with Crippen LogP contribution in [0.5, 0.6) is 5.75 Å². The highest BCUT2D eigenvalue weighted by atomic mass is 16.5. The summed E-state index contributed by atoms with van der Waals surface area (Å²) in [5.74, 6) is 0.819. The Bertz CT molecular complexity index is 688. The third-order valence-electron chi connectivity index (χ3n) is 4.19. The lowest BCUT2D eigenvalue weighted by Crippen LogP contribution is -2.35. The molecule has 0 saturated heterocycles. The van der Waals surface area contributed by atoms with Gasteiger partial charge in [-0.2, -0.15) is 0 Å². The molecule has 2 N–H and O–H groups in total. The van der Waals surface area contributed by atoms with Crippen LogP contribution in [0.4, 0.5) is 0 Å². The van der Waals surface area contributed by atoms with Crippen molar-refractivity contribution in [3.05, 3.63) is 35.0 Å². The van der Waals surface area contributed by atoms with E-state index in [0.717, 1.165) is 36.2 Å². The Morgan fingerprint density at radius 2 is 2.10 bits per heavy atom. The zero-order chi connectivity index (χ0) is 15.2. The first-order valence-electron chi connectivity index (χ1n) is 7.38. The molecule has 0 spiro atoms. The Hall–Kier alpha value is -1.65. The smallest absolute Gasteiger partial charge is 0.145 e. The van der Waals surface area contributed by atoms with Crippen LogP contribution in [-0.4, -0.2) is 30.6 Å². The summed E-state index contributed by atoms with van der Waals surface area (Å²) in [5, 5.41) is 1.11. The summed E-state index contributed by atoms with van der Waals surface area (Å²) >= 11 is 0. The number of nitrogens with two attached hydrogens (primary N) is 1. The van der Waals surface area contributed by atoms with Crippen molar-refractivity contribution >= 4 is 10.9 Å². The Labute approximate surface area is 125 Å². The highest BCUT2D eigenvalue weighted by Gasteiger charge is 2.28. The molecule has 1 aromatic carbocycles. The maximum Gasteiger partial charge on any atom is 0.145 e. The largest absolute Gasteiger partial charge is 0.494 e. The maximum absolute atomic E-state index is 6.50. The second-order valence-corrected chi connectivity index (χ2v) is 6.48. The van der Waals surface area contributed by atoms with Crippen molar-refractivity contribution in [1.82, 2.24) is 9.88 Å². The molecule has 0 fully saturated rings. The maximum atomic E-state index is 6.50. The Morgan fingerprint density at radius 3 is 2.76 bits per heavy atom. The van der Waals surface area contributed by atoms with Crippen LogP contribution in [0.25, 0.3) is 10.9 Å². The van der Waals surface area contributed by atoms with E-state index in [1.807, 2.05) is 12.1 Å². The van der Waals surface area contributed by atoms with Gasteiger partial charge in [0.25, 0.3) is 0 Å². The molecule has 0 bridgehead atoms. The Morgan fingerprint density at radius 1 is 1.33 bits per heavy atom. The molecule has 1 aliphatic heterocycles. The fourth-order valence-electron chi connectivity index (χ4n) is 3.27. The molecule has 0 radical (unpaired) electrons. The number of ether oxygens (including phenoxy) is 1. The highest BCUT2D eigenvalue weighted by Crippen LogP contribution is 2.36. The van der Waals surface area contributed by atoms with E-state index < -0.39 is 5.54 Å². The zero-order valence-corrected chi connectivity index (χ0v) is 13.2. The number of nitrogens with zero attached hydrogens (tertiary/aromatic N) is 2. The van der Waals surface area contributed by atoms with E-state index in [1.54, 1.807) is 7.11 Å². The van der Waals surface area contributed by atoms with Gasteiger partial charge in [0.2, 0.25) is 0 Å². The number of hydrogen-bond acceptors (Lipinski definition) is 4. The summed E-state index contributed by atoms with van der Waals surface area (Å²) in [4.78, 5) is 7.21. The first-order valence-corrected chi connectivity index (χ1v) is 7.38. The number of hydrogen-bond donors (Lipinski definition) is 1. The summed E-state index contributed by atoms with van der Waals surface area (Å²) in [5.41, 5.74) is 10.7. The molecule has 112 valence electrons. The van der Waals surface area contributed by atoms with Gasteiger partial charge in [-0.1, -0.05) is 12.1 Å². The molecule has 1 aliphatic rings. The average Bonchev–Trinajstić information content (AvgIpc) is 2.42. The van der Waals surface area contributed by atoms with Crippen LogP contribution in [0, 0.1) is 0 Å². The van der Waals surface area contributed by atoms with Crippen LogP contribution in [-0.2, 0) is 18.5 Å². The van der Waals surface area contributed by atoms with Crippen molar-refractivity contribution in [1.29, 1.82) is 0 Å². The highest BCUT2D eigenvalue weighted by molar-refractivity contribution is 5.89. The SMILES string of the molecule is COc1cccc2c(C(C)(C)N)c3c(nc12)CCN(C)C3. The summed E-state index contributed by atoms with van der Waals surface area (Å²) in [6.07, 6.45) is 0.961. The van der Waals surface area contributed by atoms with Gasteiger partial charge in [0.15, 0.2) is 0 Å². The van der Waals surface area contributed by atoms with E-state index in [0.29, 0.717) is 0 Å². The molecule has 21 heavy (non-hydrogen) atoms. The van der Waals surface area contributed by atoms with Gasteiger partial charge < -0.3 is 15.4 Å². The molecule has 0 unspecified atom stereocenters. The molecule has 1 aromatic heterocycles. The van der Waals surface area contributed by atoms with Crippen molar-refractivity contribution in [3.8, 4) is 5.75 Å². The van der Waals surface area contributed by atoms with Gasteiger partial charge in [-0.25, -0.2) is 4.98 Å². The van der Waals surface area contributed by atoms with Crippen LogP contribution in [0.3, 0.4) is 0 Å². The lowest BCUT2D eigenvalue weighted by atomic mass is 9.85. The number of fused-ring (bicyclic) bond motifs is 2. The van der Waals surface area contributed by atoms with Crippen molar-refractivity contribution < 1.29 is 4.74 Å². The van der Waals surface area contributed by atoms with Gasteiger partial charge in [0.1, 0.15) is 11.3 Å². The number of methoxy groups -OCH3 is 1. The van der Waals surface area contributed by atoms with E-state index in [-0.39, 0.29) is 0 Å². The second-order valence-electron chi connectivity index (χ2n) is 6.48. The summed E-state index contributed by atoms with van der Waals surface area (Å²) in [7, 11) is 3.84. The molecule has 2 aromatic rings. The Balaban J connectivity index is 2.40. The lowest BCUT2D eigenvalue weighted by molar-refractivity contribution is 0.306. The minimum Gasteiger partial charge on any atom is -0.494 e. The number of pyridine rings is 1. The fourth-order valence-corrected chi connectivity index (χ4v) is 3.27. The number of benzene rings is 1. The van der Waals surface area contributed by atoms with Crippen molar-refractivity contribution in [2.75, 3.05) is 20.7 Å². The van der Waals surface area contributed by atoms with Gasteiger partial charge in [-0.15, -0.1) is 0 Å². The molecule has 4 nitrogen and oxygen atoms in total.